The van der Waals surface area contributed by atoms with E-state index in [1.165, 1.54) is 0 Å². The summed E-state index contributed by atoms with van der Waals surface area (Å²) in [5.74, 6) is -0.920. The van der Waals surface area contributed by atoms with Crippen LogP contribution in [-0.2, 0) is 16.0 Å². The lowest BCUT2D eigenvalue weighted by Gasteiger charge is -2.16. The Bertz CT molecular complexity index is 346. The second kappa shape index (κ2) is 6.01. The van der Waals surface area contributed by atoms with Crippen molar-refractivity contribution in [3.8, 4) is 0 Å². The molecule has 0 aliphatic carbocycles. The van der Waals surface area contributed by atoms with E-state index in [0.717, 1.165) is 10.0 Å². The highest BCUT2D eigenvalue weighted by atomic mass is 79.9. The monoisotopic (exact) mass is 286 g/mol. The Kier molecular flexibility index (Phi) is 4.96. The smallest absolute Gasteiger partial charge is 0.333 e. The van der Waals surface area contributed by atoms with Crippen LogP contribution in [0, 0.1) is 0 Å². The minimum absolute atomic E-state index is 0.0865. The van der Waals surface area contributed by atoms with E-state index in [2.05, 4.69) is 15.9 Å². The van der Waals surface area contributed by atoms with Gasteiger partial charge in [0.25, 0.3) is 0 Å². The van der Waals surface area contributed by atoms with Crippen molar-refractivity contribution < 1.29 is 14.6 Å². The Morgan fingerprint density at radius 1 is 1.38 bits per heavy atom. The zero-order valence-electron chi connectivity index (χ0n) is 9.31. The molecule has 0 saturated heterocycles. The minimum Gasteiger partial charge on any atom is -0.479 e. The lowest BCUT2D eigenvalue weighted by Crippen LogP contribution is -2.29. The van der Waals surface area contributed by atoms with Crippen molar-refractivity contribution in [2.24, 2.45) is 0 Å². The summed E-state index contributed by atoms with van der Waals surface area (Å²) >= 11 is 3.33. The van der Waals surface area contributed by atoms with Crippen LogP contribution in [0.15, 0.2) is 28.7 Å². The third-order valence-electron chi connectivity index (χ3n) is 2.05. The molecule has 0 aromatic heterocycles. The van der Waals surface area contributed by atoms with Gasteiger partial charge in [-0.1, -0.05) is 28.1 Å². The van der Waals surface area contributed by atoms with Crippen LogP contribution >= 0.6 is 15.9 Å². The van der Waals surface area contributed by atoms with Crippen LogP contribution in [0.4, 0.5) is 0 Å². The van der Waals surface area contributed by atoms with Crippen LogP contribution in [0.25, 0.3) is 0 Å². The molecule has 16 heavy (non-hydrogen) atoms. The number of halogens is 1. The number of carboxylic acid groups (broad SMARTS) is 1. The molecule has 0 aliphatic heterocycles. The Hall–Kier alpha value is -0.870. The van der Waals surface area contributed by atoms with Gasteiger partial charge in [0.1, 0.15) is 0 Å². The highest BCUT2D eigenvalue weighted by Gasteiger charge is 2.19. The largest absolute Gasteiger partial charge is 0.479 e. The summed E-state index contributed by atoms with van der Waals surface area (Å²) in [6.07, 6.45) is -0.474. The predicted octanol–water partition coefficient (Wildman–Crippen LogP) is 2.87. The maximum atomic E-state index is 11.0. The standard InChI is InChI=1S/C12H15BrO3/c1-8(2)16-11(12(14)15)7-9-3-5-10(13)6-4-9/h3-6,8,11H,7H2,1-2H3,(H,14,15)/t11-/m1/s1. The lowest BCUT2D eigenvalue weighted by atomic mass is 10.1. The third kappa shape index (κ3) is 4.33. The number of carboxylic acids is 1. The van der Waals surface area contributed by atoms with Crippen molar-refractivity contribution in [2.75, 3.05) is 0 Å². The summed E-state index contributed by atoms with van der Waals surface area (Å²) < 4.78 is 6.31. The molecule has 0 heterocycles. The Balaban J connectivity index is 2.68. The van der Waals surface area contributed by atoms with Gasteiger partial charge >= 0.3 is 5.97 Å². The first-order chi connectivity index (χ1) is 7.49. The Morgan fingerprint density at radius 2 is 1.94 bits per heavy atom. The van der Waals surface area contributed by atoms with Gasteiger partial charge in [-0.15, -0.1) is 0 Å². The molecular formula is C12H15BrO3. The van der Waals surface area contributed by atoms with Crippen molar-refractivity contribution in [2.45, 2.75) is 32.5 Å². The zero-order chi connectivity index (χ0) is 12.1. The molecule has 1 N–H and O–H groups in total. The van der Waals surface area contributed by atoms with E-state index >= 15 is 0 Å². The van der Waals surface area contributed by atoms with Crippen molar-refractivity contribution in [1.82, 2.24) is 0 Å². The van der Waals surface area contributed by atoms with Crippen molar-refractivity contribution in [1.29, 1.82) is 0 Å². The summed E-state index contributed by atoms with van der Waals surface area (Å²) in [6, 6.07) is 7.57. The average molecular weight is 287 g/mol. The Morgan fingerprint density at radius 3 is 2.38 bits per heavy atom. The summed E-state index contributed by atoms with van der Waals surface area (Å²) in [5, 5.41) is 9.00. The summed E-state index contributed by atoms with van der Waals surface area (Å²) in [6.45, 7) is 3.66. The zero-order valence-corrected chi connectivity index (χ0v) is 10.9. The molecule has 88 valence electrons. The molecule has 0 amide bonds. The van der Waals surface area contributed by atoms with Crippen LogP contribution < -0.4 is 0 Å². The van der Waals surface area contributed by atoms with E-state index < -0.39 is 12.1 Å². The van der Waals surface area contributed by atoms with Gasteiger partial charge in [0.05, 0.1) is 6.10 Å². The van der Waals surface area contributed by atoms with E-state index in [1.54, 1.807) is 0 Å². The van der Waals surface area contributed by atoms with Gasteiger partial charge in [0.2, 0.25) is 0 Å². The van der Waals surface area contributed by atoms with Gasteiger partial charge in [-0.3, -0.25) is 0 Å². The number of aliphatic carboxylic acids is 1. The molecule has 0 unspecified atom stereocenters. The van der Waals surface area contributed by atoms with Gasteiger partial charge in [-0.25, -0.2) is 4.79 Å². The first-order valence-electron chi connectivity index (χ1n) is 5.11. The highest BCUT2D eigenvalue weighted by molar-refractivity contribution is 9.10. The first-order valence-corrected chi connectivity index (χ1v) is 5.91. The molecule has 0 radical (unpaired) electrons. The second-order valence-electron chi connectivity index (χ2n) is 3.84. The molecule has 3 nitrogen and oxygen atoms in total. The fraction of sp³-hybridized carbons (Fsp3) is 0.417. The van der Waals surface area contributed by atoms with Gasteiger partial charge in [0.15, 0.2) is 6.10 Å². The summed E-state index contributed by atoms with van der Waals surface area (Å²) in [4.78, 5) is 11.0. The van der Waals surface area contributed by atoms with Crippen LogP contribution in [0.3, 0.4) is 0 Å². The number of rotatable bonds is 5. The summed E-state index contributed by atoms with van der Waals surface area (Å²) in [5.41, 5.74) is 0.955. The molecular weight excluding hydrogens is 272 g/mol. The van der Waals surface area contributed by atoms with Crippen molar-refractivity contribution >= 4 is 21.9 Å². The molecule has 1 rings (SSSR count). The van der Waals surface area contributed by atoms with Crippen LogP contribution in [0.2, 0.25) is 0 Å². The number of hydrogen-bond donors (Lipinski definition) is 1. The SMILES string of the molecule is CC(C)O[C@H](Cc1ccc(Br)cc1)C(=O)O. The van der Waals surface area contributed by atoms with E-state index in [9.17, 15) is 4.79 Å². The van der Waals surface area contributed by atoms with Crippen LogP contribution in [-0.4, -0.2) is 23.3 Å². The van der Waals surface area contributed by atoms with Crippen LogP contribution in [0.5, 0.6) is 0 Å². The fourth-order valence-corrected chi connectivity index (χ4v) is 1.62. The number of benzene rings is 1. The normalized spacial score (nSPS) is 12.8. The molecule has 0 spiro atoms. The molecule has 0 bridgehead atoms. The molecule has 1 atom stereocenters. The van der Waals surface area contributed by atoms with Gasteiger partial charge in [-0.05, 0) is 31.5 Å². The molecule has 1 aromatic carbocycles. The van der Waals surface area contributed by atoms with E-state index in [1.807, 2.05) is 38.1 Å². The Labute approximate surface area is 104 Å². The van der Waals surface area contributed by atoms with Crippen molar-refractivity contribution in [3.05, 3.63) is 34.3 Å². The second-order valence-corrected chi connectivity index (χ2v) is 4.76. The summed E-state index contributed by atoms with van der Waals surface area (Å²) in [7, 11) is 0. The van der Waals surface area contributed by atoms with Gasteiger partial charge < -0.3 is 9.84 Å². The van der Waals surface area contributed by atoms with E-state index in [0.29, 0.717) is 6.42 Å². The average Bonchev–Trinajstić information content (AvgIpc) is 2.19. The minimum atomic E-state index is -0.920. The van der Waals surface area contributed by atoms with Crippen molar-refractivity contribution in [3.63, 3.8) is 0 Å². The third-order valence-corrected chi connectivity index (χ3v) is 2.57. The molecule has 0 aliphatic rings. The maximum Gasteiger partial charge on any atom is 0.333 e. The quantitative estimate of drug-likeness (QED) is 0.905. The lowest BCUT2D eigenvalue weighted by molar-refractivity contribution is -0.153. The number of ether oxygens (including phenoxy) is 1. The van der Waals surface area contributed by atoms with E-state index in [-0.39, 0.29) is 6.10 Å². The molecule has 1 aromatic rings. The molecule has 4 heteroatoms. The van der Waals surface area contributed by atoms with E-state index in [4.69, 9.17) is 9.84 Å². The molecule has 0 saturated carbocycles. The molecule has 0 fully saturated rings. The fourth-order valence-electron chi connectivity index (χ4n) is 1.36. The first kappa shape index (κ1) is 13.2. The maximum absolute atomic E-state index is 11.0. The van der Waals surface area contributed by atoms with Gasteiger partial charge in [-0.2, -0.15) is 0 Å². The van der Waals surface area contributed by atoms with Gasteiger partial charge in [0, 0.05) is 10.9 Å². The predicted molar refractivity (Wildman–Crippen MR) is 65.5 cm³/mol. The topological polar surface area (TPSA) is 46.5 Å². The number of carbonyl (C=O) groups is 1. The van der Waals surface area contributed by atoms with Crippen LogP contribution in [0.1, 0.15) is 19.4 Å². The number of hydrogen-bond acceptors (Lipinski definition) is 2. The highest BCUT2D eigenvalue weighted by Crippen LogP contribution is 2.13.